The molecule has 1 heterocycles. The molecule has 3 N–H and O–H groups in total. The summed E-state index contributed by atoms with van der Waals surface area (Å²) in [6.45, 7) is 5.09. The highest BCUT2D eigenvalue weighted by molar-refractivity contribution is 6.32. The molecule has 0 bridgehead atoms. The summed E-state index contributed by atoms with van der Waals surface area (Å²) in [5, 5.41) is 21.9. The fraction of sp³-hybridized carbons (Fsp3) is 0.389. The van der Waals surface area contributed by atoms with Gasteiger partial charge in [0, 0.05) is 23.4 Å². The predicted octanol–water partition coefficient (Wildman–Crippen LogP) is 2.62. The van der Waals surface area contributed by atoms with Crippen LogP contribution in [0, 0.1) is 12.8 Å². The number of carboxylic acids is 1. The molecule has 0 aliphatic rings. The fourth-order valence-electron chi connectivity index (χ4n) is 2.68. The van der Waals surface area contributed by atoms with E-state index in [0.717, 1.165) is 0 Å². The van der Waals surface area contributed by atoms with E-state index in [9.17, 15) is 19.5 Å². The highest BCUT2D eigenvalue weighted by atomic mass is 35.5. The standard InChI is InChI=1S/C18H20ClNO6/c1-8(2)16(17(23)24)20-15(22)5-4-10-9(3)11-6-12(19)13(21)7-14(11)26-18(10)25/h6-8,16,21H,4-5H2,1-3H3,(H,20,22)(H,23,24)/t16-/m0/s1. The number of carboxylic acid groups (broad SMARTS) is 1. The topological polar surface area (TPSA) is 117 Å². The molecule has 7 nitrogen and oxygen atoms in total. The molecule has 0 saturated carbocycles. The zero-order chi connectivity index (χ0) is 19.6. The summed E-state index contributed by atoms with van der Waals surface area (Å²) in [6.07, 6.45) is 0.0400. The molecule has 0 aliphatic heterocycles. The summed E-state index contributed by atoms with van der Waals surface area (Å²) >= 11 is 5.91. The van der Waals surface area contributed by atoms with Gasteiger partial charge in [0.2, 0.25) is 5.91 Å². The number of benzene rings is 1. The molecule has 0 saturated heterocycles. The quantitative estimate of drug-likeness (QED) is 0.662. The highest BCUT2D eigenvalue weighted by Crippen LogP contribution is 2.30. The largest absolute Gasteiger partial charge is 0.506 e. The van der Waals surface area contributed by atoms with Crippen LogP contribution in [0.1, 0.15) is 31.4 Å². The van der Waals surface area contributed by atoms with E-state index in [4.69, 9.17) is 21.1 Å². The van der Waals surface area contributed by atoms with E-state index in [1.165, 1.54) is 12.1 Å². The van der Waals surface area contributed by atoms with E-state index in [0.29, 0.717) is 16.5 Å². The predicted molar refractivity (Wildman–Crippen MR) is 96.6 cm³/mol. The molecule has 1 atom stereocenters. The third-order valence-corrected chi connectivity index (χ3v) is 4.51. The van der Waals surface area contributed by atoms with Gasteiger partial charge in [0.05, 0.1) is 5.02 Å². The van der Waals surface area contributed by atoms with Crippen LogP contribution in [-0.4, -0.2) is 28.1 Å². The summed E-state index contributed by atoms with van der Waals surface area (Å²) in [4.78, 5) is 35.4. The number of aryl methyl sites for hydroxylation is 1. The van der Waals surface area contributed by atoms with Crippen LogP contribution in [0.2, 0.25) is 5.02 Å². The Bertz CT molecular complexity index is 918. The van der Waals surface area contributed by atoms with Gasteiger partial charge >= 0.3 is 11.6 Å². The molecular formula is C18H20ClNO6. The first-order chi connectivity index (χ1) is 12.1. The van der Waals surface area contributed by atoms with Crippen LogP contribution >= 0.6 is 11.6 Å². The van der Waals surface area contributed by atoms with Crippen LogP contribution in [0.5, 0.6) is 5.75 Å². The molecule has 2 rings (SSSR count). The summed E-state index contributed by atoms with van der Waals surface area (Å²) < 4.78 is 5.20. The van der Waals surface area contributed by atoms with Crippen molar-refractivity contribution < 1.29 is 24.2 Å². The SMILES string of the molecule is Cc1c(CCC(=O)N[C@H](C(=O)O)C(C)C)c(=O)oc2cc(O)c(Cl)cc12. The van der Waals surface area contributed by atoms with E-state index in [2.05, 4.69) is 5.32 Å². The Balaban J connectivity index is 2.23. The van der Waals surface area contributed by atoms with Gasteiger partial charge in [0.25, 0.3) is 0 Å². The molecule has 26 heavy (non-hydrogen) atoms. The van der Waals surface area contributed by atoms with Crippen molar-refractivity contribution in [1.29, 1.82) is 0 Å². The summed E-state index contributed by atoms with van der Waals surface area (Å²) in [5.74, 6) is -2.03. The first-order valence-corrected chi connectivity index (χ1v) is 8.46. The number of amides is 1. The number of aliphatic carboxylic acids is 1. The van der Waals surface area contributed by atoms with Gasteiger partial charge in [0.15, 0.2) is 0 Å². The molecule has 1 aromatic carbocycles. The number of fused-ring (bicyclic) bond motifs is 1. The number of hydrogen-bond donors (Lipinski definition) is 3. The number of aromatic hydroxyl groups is 1. The molecule has 8 heteroatoms. The van der Waals surface area contributed by atoms with Gasteiger partial charge in [-0.1, -0.05) is 25.4 Å². The maximum Gasteiger partial charge on any atom is 0.339 e. The third-order valence-electron chi connectivity index (χ3n) is 4.21. The maximum atomic E-state index is 12.2. The Labute approximate surface area is 154 Å². The lowest BCUT2D eigenvalue weighted by molar-refractivity contribution is -0.143. The van der Waals surface area contributed by atoms with Crippen molar-refractivity contribution in [1.82, 2.24) is 5.32 Å². The van der Waals surface area contributed by atoms with E-state index in [1.807, 2.05) is 0 Å². The van der Waals surface area contributed by atoms with Crippen LogP contribution in [0.15, 0.2) is 21.3 Å². The second-order valence-corrected chi connectivity index (χ2v) is 6.83. The van der Waals surface area contributed by atoms with Crippen molar-refractivity contribution in [3.05, 3.63) is 38.7 Å². The average molecular weight is 382 g/mol. The number of nitrogens with one attached hydrogen (secondary N) is 1. The van der Waals surface area contributed by atoms with Crippen molar-refractivity contribution in [3.63, 3.8) is 0 Å². The Morgan fingerprint density at radius 1 is 1.31 bits per heavy atom. The Morgan fingerprint density at radius 3 is 2.54 bits per heavy atom. The molecule has 0 unspecified atom stereocenters. The number of carbonyl (C=O) groups excluding carboxylic acids is 1. The summed E-state index contributed by atoms with van der Waals surface area (Å²) in [7, 11) is 0. The van der Waals surface area contributed by atoms with E-state index in [-0.39, 0.29) is 35.1 Å². The maximum absolute atomic E-state index is 12.2. The minimum atomic E-state index is -1.11. The van der Waals surface area contributed by atoms with Crippen molar-refractivity contribution >= 4 is 34.4 Å². The van der Waals surface area contributed by atoms with Gasteiger partial charge in [-0.25, -0.2) is 9.59 Å². The minimum Gasteiger partial charge on any atom is -0.506 e. The zero-order valence-corrected chi connectivity index (χ0v) is 15.4. The molecular weight excluding hydrogens is 362 g/mol. The number of rotatable bonds is 6. The molecule has 1 amide bonds. The molecule has 0 fully saturated rings. The Kier molecular flexibility index (Phi) is 5.92. The van der Waals surface area contributed by atoms with Crippen LogP contribution < -0.4 is 10.9 Å². The molecule has 140 valence electrons. The fourth-order valence-corrected chi connectivity index (χ4v) is 2.85. The monoisotopic (exact) mass is 381 g/mol. The second kappa shape index (κ2) is 7.78. The Morgan fingerprint density at radius 2 is 1.96 bits per heavy atom. The van der Waals surface area contributed by atoms with Crippen molar-refractivity contribution in [3.8, 4) is 5.75 Å². The van der Waals surface area contributed by atoms with Gasteiger partial charge in [-0.2, -0.15) is 0 Å². The lowest BCUT2D eigenvalue weighted by Crippen LogP contribution is -2.44. The zero-order valence-electron chi connectivity index (χ0n) is 14.6. The highest BCUT2D eigenvalue weighted by Gasteiger charge is 2.23. The molecule has 0 radical (unpaired) electrons. The van der Waals surface area contributed by atoms with Gasteiger partial charge in [0.1, 0.15) is 17.4 Å². The molecule has 0 spiro atoms. The molecule has 2 aromatic rings. The lowest BCUT2D eigenvalue weighted by Gasteiger charge is -2.18. The summed E-state index contributed by atoms with van der Waals surface area (Å²) in [6, 6.07) is 1.77. The van der Waals surface area contributed by atoms with Crippen molar-refractivity contribution in [2.75, 3.05) is 0 Å². The lowest BCUT2D eigenvalue weighted by atomic mass is 10.0. The molecule has 1 aromatic heterocycles. The van der Waals surface area contributed by atoms with Gasteiger partial charge in [-0.05, 0) is 30.9 Å². The number of phenolic OH excluding ortho intramolecular Hbond substituents is 1. The smallest absolute Gasteiger partial charge is 0.339 e. The number of hydrogen-bond acceptors (Lipinski definition) is 5. The van der Waals surface area contributed by atoms with Gasteiger partial charge in [-0.15, -0.1) is 0 Å². The van der Waals surface area contributed by atoms with Gasteiger partial charge < -0.3 is 19.9 Å². The van der Waals surface area contributed by atoms with E-state index in [1.54, 1.807) is 20.8 Å². The number of carbonyl (C=O) groups is 2. The number of halogens is 1. The van der Waals surface area contributed by atoms with Crippen LogP contribution in [0.25, 0.3) is 11.0 Å². The Hall–Kier alpha value is -2.54. The first-order valence-electron chi connectivity index (χ1n) is 8.08. The van der Waals surface area contributed by atoms with E-state index < -0.39 is 23.5 Å². The second-order valence-electron chi connectivity index (χ2n) is 6.42. The van der Waals surface area contributed by atoms with Crippen molar-refractivity contribution in [2.24, 2.45) is 5.92 Å². The van der Waals surface area contributed by atoms with Crippen LogP contribution in [-0.2, 0) is 16.0 Å². The number of phenols is 1. The normalized spacial score (nSPS) is 12.3. The van der Waals surface area contributed by atoms with Crippen molar-refractivity contribution in [2.45, 2.75) is 39.7 Å². The van der Waals surface area contributed by atoms with E-state index >= 15 is 0 Å². The third kappa shape index (κ3) is 4.16. The summed E-state index contributed by atoms with van der Waals surface area (Å²) in [5.41, 5.74) is 0.506. The minimum absolute atomic E-state index is 0.0561. The van der Waals surface area contributed by atoms with Crippen LogP contribution in [0.4, 0.5) is 0 Å². The van der Waals surface area contributed by atoms with Gasteiger partial charge in [-0.3, -0.25) is 4.79 Å². The first kappa shape index (κ1) is 19.8. The average Bonchev–Trinajstić information content (AvgIpc) is 2.54. The molecule has 0 aliphatic carbocycles. The van der Waals surface area contributed by atoms with Crippen LogP contribution in [0.3, 0.4) is 0 Å².